The summed E-state index contributed by atoms with van der Waals surface area (Å²) >= 11 is 0. The van der Waals surface area contributed by atoms with Crippen molar-refractivity contribution in [1.29, 1.82) is 0 Å². The lowest BCUT2D eigenvalue weighted by atomic mass is 9.96. The van der Waals surface area contributed by atoms with Crippen molar-refractivity contribution in [3.8, 4) is 5.88 Å². The number of hydrogen-bond donors (Lipinski definition) is 1. The molecule has 1 N–H and O–H groups in total. The molecule has 1 saturated heterocycles. The lowest BCUT2D eigenvalue weighted by Crippen LogP contribution is -2.56. The van der Waals surface area contributed by atoms with E-state index in [1.54, 1.807) is 35.2 Å². The van der Waals surface area contributed by atoms with Crippen LogP contribution in [-0.4, -0.2) is 54.6 Å². The second kappa shape index (κ2) is 7.51. The molecule has 3 amide bonds. The summed E-state index contributed by atoms with van der Waals surface area (Å²) in [5.41, 5.74) is 0.749. The Morgan fingerprint density at radius 3 is 2.79 bits per heavy atom. The van der Waals surface area contributed by atoms with Crippen LogP contribution in [0, 0.1) is 0 Å². The van der Waals surface area contributed by atoms with E-state index in [0.29, 0.717) is 19.0 Å². The van der Waals surface area contributed by atoms with Crippen LogP contribution in [0.5, 0.6) is 5.88 Å². The molecule has 0 unspecified atom stereocenters. The first-order valence-electron chi connectivity index (χ1n) is 8.53. The van der Waals surface area contributed by atoms with Crippen molar-refractivity contribution in [2.75, 3.05) is 31.6 Å². The van der Waals surface area contributed by atoms with Gasteiger partial charge in [-0.2, -0.15) is 0 Å². The van der Waals surface area contributed by atoms with E-state index in [9.17, 15) is 9.59 Å². The van der Waals surface area contributed by atoms with Gasteiger partial charge in [-0.3, -0.25) is 4.79 Å². The zero-order valence-electron chi connectivity index (χ0n) is 14.0. The standard InChI is InChI=1S/C17H24N4O3/c1-24-15-11-14(7-8-18-15)21-10-9-20(12-16(21)22)17(23)19-13-5-3-2-4-6-13/h7-8,11,13H,2-6,9-10,12H2,1H3,(H,19,23). The van der Waals surface area contributed by atoms with Crippen molar-refractivity contribution in [2.45, 2.75) is 38.1 Å². The third kappa shape index (κ3) is 3.77. The monoisotopic (exact) mass is 332 g/mol. The molecule has 1 aromatic heterocycles. The molecule has 1 aromatic rings. The summed E-state index contributed by atoms with van der Waals surface area (Å²) in [5, 5.41) is 3.07. The minimum atomic E-state index is -0.123. The molecule has 0 bridgehead atoms. The van der Waals surface area contributed by atoms with Crippen LogP contribution in [-0.2, 0) is 4.79 Å². The van der Waals surface area contributed by atoms with Gasteiger partial charge >= 0.3 is 6.03 Å². The summed E-state index contributed by atoms with van der Waals surface area (Å²) in [7, 11) is 1.54. The van der Waals surface area contributed by atoms with E-state index in [1.165, 1.54) is 19.3 Å². The number of ether oxygens (including phenoxy) is 1. The molecule has 0 radical (unpaired) electrons. The molecule has 0 aromatic carbocycles. The molecule has 2 aliphatic rings. The minimum absolute atomic E-state index is 0.0895. The third-order valence-electron chi connectivity index (χ3n) is 4.68. The largest absolute Gasteiger partial charge is 0.481 e. The van der Waals surface area contributed by atoms with Crippen LogP contribution in [0.25, 0.3) is 0 Å². The van der Waals surface area contributed by atoms with Crippen molar-refractivity contribution in [3.63, 3.8) is 0 Å². The maximum atomic E-state index is 12.4. The van der Waals surface area contributed by atoms with Crippen molar-refractivity contribution in [1.82, 2.24) is 15.2 Å². The van der Waals surface area contributed by atoms with E-state index in [-0.39, 0.29) is 24.5 Å². The molecule has 1 aliphatic carbocycles. The Morgan fingerprint density at radius 1 is 1.29 bits per heavy atom. The van der Waals surface area contributed by atoms with Crippen LogP contribution >= 0.6 is 0 Å². The van der Waals surface area contributed by atoms with Crippen molar-refractivity contribution in [2.24, 2.45) is 0 Å². The van der Waals surface area contributed by atoms with Gasteiger partial charge in [0.2, 0.25) is 11.8 Å². The van der Waals surface area contributed by atoms with Crippen LogP contribution in [0.2, 0.25) is 0 Å². The zero-order chi connectivity index (χ0) is 16.9. The van der Waals surface area contributed by atoms with Gasteiger partial charge in [0.1, 0.15) is 6.54 Å². The molecule has 2 fully saturated rings. The smallest absolute Gasteiger partial charge is 0.318 e. The number of pyridine rings is 1. The number of anilines is 1. The molecule has 130 valence electrons. The van der Waals surface area contributed by atoms with Gasteiger partial charge in [0.15, 0.2) is 0 Å². The number of methoxy groups -OCH3 is 1. The second-order valence-electron chi connectivity index (χ2n) is 6.31. The Labute approximate surface area is 142 Å². The first-order chi connectivity index (χ1) is 11.7. The Kier molecular flexibility index (Phi) is 5.17. The van der Waals surface area contributed by atoms with Gasteiger partial charge in [0.05, 0.1) is 12.8 Å². The predicted molar refractivity (Wildman–Crippen MR) is 90.1 cm³/mol. The Morgan fingerprint density at radius 2 is 2.08 bits per heavy atom. The van der Waals surface area contributed by atoms with Crippen molar-refractivity contribution >= 4 is 17.6 Å². The van der Waals surface area contributed by atoms with E-state index in [1.807, 2.05) is 0 Å². The van der Waals surface area contributed by atoms with E-state index in [0.717, 1.165) is 18.5 Å². The molecule has 0 atom stereocenters. The average molecular weight is 332 g/mol. The predicted octanol–water partition coefficient (Wildman–Crippen LogP) is 1.78. The van der Waals surface area contributed by atoms with Crippen LogP contribution in [0.3, 0.4) is 0 Å². The lowest BCUT2D eigenvalue weighted by molar-refractivity contribution is -0.120. The number of hydrogen-bond acceptors (Lipinski definition) is 4. The number of carbonyl (C=O) groups excluding carboxylic acids is 2. The first-order valence-corrected chi connectivity index (χ1v) is 8.53. The fourth-order valence-electron chi connectivity index (χ4n) is 3.31. The number of aromatic nitrogens is 1. The maximum Gasteiger partial charge on any atom is 0.318 e. The Hall–Kier alpha value is -2.31. The van der Waals surface area contributed by atoms with E-state index in [4.69, 9.17) is 4.74 Å². The summed E-state index contributed by atoms with van der Waals surface area (Å²) in [6.45, 7) is 1.10. The molecule has 0 spiro atoms. The number of piperazine rings is 1. The van der Waals surface area contributed by atoms with Crippen LogP contribution in [0.15, 0.2) is 18.3 Å². The van der Waals surface area contributed by atoms with Gasteiger partial charge in [-0.1, -0.05) is 19.3 Å². The maximum absolute atomic E-state index is 12.4. The topological polar surface area (TPSA) is 74.8 Å². The highest BCUT2D eigenvalue weighted by atomic mass is 16.5. The minimum Gasteiger partial charge on any atom is -0.481 e. The van der Waals surface area contributed by atoms with Gasteiger partial charge < -0.3 is 19.9 Å². The zero-order valence-corrected chi connectivity index (χ0v) is 14.0. The molecule has 3 rings (SSSR count). The number of nitrogens with zero attached hydrogens (tertiary/aromatic N) is 3. The highest BCUT2D eigenvalue weighted by Crippen LogP contribution is 2.21. The molecule has 7 heteroatoms. The highest BCUT2D eigenvalue weighted by molar-refractivity contribution is 5.97. The second-order valence-corrected chi connectivity index (χ2v) is 6.31. The summed E-state index contributed by atoms with van der Waals surface area (Å²) in [5.74, 6) is 0.381. The average Bonchev–Trinajstić information content (AvgIpc) is 2.62. The molecular weight excluding hydrogens is 308 g/mol. The number of carbonyl (C=O) groups is 2. The summed E-state index contributed by atoms with van der Waals surface area (Å²) in [6.07, 6.45) is 7.28. The molecule has 2 heterocycles. The molecule has 24 heavy (non-hydrogen) atoms. The lowest BCUT2D eigenvalue weighted by Gasteiger charge is -2.35. The van der Waals surface area contributed by atoms with Gasteiger partial charge in [-0.05, 0) is 18.9 Å². The van der Waals surface area contributed by atoms with E-state index >= 15 is 0 Å². The van der Waals surface area contributed by atoms with Crippen LogP contribution in [0.4, 0.5) is 10.5 Å². The molecule has 7 nitrogen and oxygen atoms in total. The van der Waals surface area contributed by atoms with Crippen molar-refractivity contribution in [3.05, 3.63) is 18.3 Å². The van der Waals surface area contributed by atoms with Crippen LogP contribution in [0.1, 0.15) is 32.1 Å². The van der Waals surface area contributed by atoms with Gasteiger partial charge in [-0.15, -0.1) is 0 Å². The molecule has 1 aliphatic heterocycles. The SMILES string of the molecule is COc1cc(N2CCN(C(=O)NC3CCCCC3)CC2=O)ccn1. The number of rotatable bonds is 3. The van der Waals surface area contributed by atoms with Crippen LogP contribution < -0.4 is 15.0 Å². The number of nitrogens with one attached hydrogen (secondary N) is 1. The summed E-state index contributed by atoms with van der Waals surface area (Å²) < 4.78 is 5.10. The summed E-state index contributed by atoms with van der Waals surface area (Å²) in [6, 6.07) is 3.64. The van der Waals surface area contributed by atoms with E-state index in [2.05, 4.69) is 10.3 Å². The first kappa shape index (κ1) is 16.5. The highest BCUT2D eigenvalue weighted by Gasteiger charge is 2.29. The van der Waals surface area contributed by atoms with Crippen molar-refractivity contribution < 1.29 is 14.3 Å². The number of urea groups is 1. The van der Waals surface area contributed by atoms with Gasteiger partial charge in [0, 0.05) is 31.4 Å². The third-order valence-corrected chi connectivity index (χ3v) is 4.68. The Bertz CT molecular complexity index is 601. The number of amides is 3. The quantitative estimate of drug-likeness (QED) is 0.915. The van der Waals surface area contributed by atoms with Gasteiger partial charge in [0.25, 0.3) is 0 Å². The fourth-order valence-corrected chi connectivity index (χ4v) is 3.31. The Balaban J connectivity index is 1.58. The van der Waals surface area contributed by atoms with E-state index < -0.39 is 0 Å². The fraction of sp³-hybridized carbons (Fsp3) is 0.588. The molecular formula is C17H24N4O3. The molecule has 1 saturated carbocycles. The summed E-state index contributed by atoms with van der Waals surface area (Å²) in [4.78, 5) is 32.1. The normalized spacial score (nSPS) is 19.3. The van der Waals surface area contributed by atoms with Gasteiger partial charge in [-0.25, -0.2) is 9.78 Å².